The fourth-order valence-electron chi connectivity index (χ4n) is 1.31. The number of aliphatic carboxylic acids is 2. The van der Waals surface area contributed by atoms with Gasteiger partial charge in [-0.05, 0) is 6.92 Å². The molecule has 16 heavy (non-hydrogen) atoms. The lowest BCUT2D eigenvalue weighted by atomic mass is 10.2. The van der Waals surface area contributed by atoms with Crippen molar-refractivity contribution in [3.8, 4) is 0 Å². The molecular weight excluding hydrogens is 214 g/mol. The van der Waals surface area contributed by atoms with Crippen molar-refractivity contribution >= 4 is 11.9 Å². The van der Waals surface area contributed by atoms with E-state index in [1.54, 1.807) is 0 Å². The number of carboxylic acids is 2. The van der Waals surface area contributed by atoms with Crippen LogP contribution >= 0.6 is 0 Å². The van der Waals surface area contributed by atoms with Crippen LogP contribution < -0.4 is 0 Å². The van der Waals surface area contributed by atoms with Gasteiger partial charge < -0.3 is 19.4 Å². The molecule has 0 aliphatic heterocycles. The van der Waals surface area contributed by atoms with Gasteiger partial charge in [-0.1, -0.05) is 0 Å². The molecule has 2 N–H and O–H groups in total. The van der Waals surface area contributed by atoms with Crippen molar-refractivity contribution in [1.29, 1.82) is 0 Å². The number of carbonyl (C=O) groups is 2. The molecule has 0 saturated carbocycles. The Labute approximate surface area is 95.0 Å². The summed E-state index contributed by atoms with van der Waals surface area (Å²) in [5.41, 5.74) is 0. The van der Waals surface area contributed by atoms with Crippen molar-refractivity contribution in [3.05, 3.63) is 0 Å². The average molecular weight is 234 g/mol. The molecule has 0 spiro atoms. The van der Waals surface area contributed by atoms with Crippen LogP contribution in [0.15, 0.2) is 0 Å². The van der Waals surface area contributed by atoms with E-state index in [0.717, 1.165) is 0 Å². The molecule has 0 amide bonds. The van der Waals surface area contributed by atoms with E-state index >= 15 is 0 Å². The average Bonchev–Trinajstić information content (AvgIpc) is 1.98. The molecule has 0 saturated heterocycles. The minimum absolute atomic E-state index is 0.187. The summed E-state index contributed by atoms with van der Waals surface area (Å²) in [5.74, 6) is -2.08. The van der Waals surface area contributed by atoms with Gasteiger partial charge in [0.15, 0.2) is 6.10 Å². The van der Waals surface area contributed by atoms with Gasteiger partial charge in [-0.3, -0.25) is 4.79 Å². The monoisotopic (exact) mass is 234 g/mol. The molecular formula is C10H20NO5+. The smallest absolute Gasteiger partial charge is 0.332 e. The van der Waals surface area contributed by atoms with Gasteiger partial charge in [0.05, 0.1) is 27.6 Å². The summed E-state index contributed by atoms with van der Waals surface area (Å²) in [6.45, 7) is 1.84. The number of quaternary nitrogens is 1. The van der Waals surface area contributed by atoms with E-state index in [-0.39, 0.29) is 6.42 Å². The molecule has 0 aromatic heterocycles. The molecule has 2 unspecified atom stereocenters. The Bertz CT molecular complexity index is 258. The van der Waals surface area contributed by atoms with Crippen LogP contribution in [0.5, 0.6) is 0 Å². The van der Waals surface area contributed by atoms with Crippen LogP contribution in [0.2, 0.25) is 0 Å². The fourth-order valence-corrected chi connectivity index (χ4v) is 1.31. The summed E-state index contributed by atoms with van der Waals surface area (Å²) < 4.78 is 5.72. The van der Waals surface area contributed by atoms with E-state index in [9.17, 15) is 9.59 Å². The summed E-state index contributed by atoms with van der Waals surface area (Å²) in [6.07, 6.45) is -1.77. The quantitative estimate of drug-likeness (QED) is 0.607. The first kappa shape index (κ1) is 14.9. The van der Waals surface area contributed by atoms with Crippen molar-refractivity contribution in [2.24, 2.45) is 0 Å². The molecule has 6 heteroatoms. The minimum atomic E-state index is -1.09. The lowest BCUT2D eigenvalue weighted by molar-refractivity contribution is -0.873. The number of carboxylic acid groups (broad SMARTS) is 2. The second-order valence-corrected chi connectivity index (χ2v) is 4.81. The number of rotatable bonds is 7. The highest BCUT2D eigenvalue weighted by atomic mass is 16.5. The molecule has 94 valence electrons. The first-order valence-corrected chi connectivity index (χ1v) is 5.02. The Morgan fingerprint density at radius 3 is 2.06 bits per heavy atom. The molecule has 6 nitrogen and oxygen atoms in total. The summed E-state index contributed by atoms with van der Waals surface area (Å²) in [6, 6.07) is 0. The van der Waals surface area contributed by atoms with E-state index in [4.69, 9.17) is 14.9 Å². The molecule has 2 atom stereocenters. The van der Waals surface area contributed by atoms with Crippen molar-refractivity contribution in [3.63, 3.8) is 0 Å². The van der Waals surface area contributed by atoms with Crippen LogP contribution in [0, 0.1) is 0 Å². The molecule has 0 aliphatic carbocycles. The van der Waals surface area contributed by atoms with E-state index < -0.39 is 24.1 Å². The van der Waals surface area contributed by atoms with Gasteiger partial charge in [0.1, 0.15) is 12.6 Å². The lowest BCUT2D eigenvalue weighted by Crippen LogP contribution is -2.44. The predicted octanol–water partition coefficient (Wildman–Crippen LogP) is 0.0256. The number of nitrogens with zero attached hydrogens (tertiary/aromatic N) is 1. The van der Waals surface area contributed by atoms with Gasteiger partial charge in [0, 0.05) is 0 Å². The van der Waals surface area contributed by atoms with Gasteiger partial charge in [-0.2, -0.15) is 0 Å². The summed E-state index contributed by atoms with van der Waals surface area (Å²) in [7, 11) is 5.68. The number of hydrogen-bond acceptors (Lipinski definition) is 3. The Hall–Kier alpha value is -1.14. The van der Waals surface area contributed by atoms with E-state index in [1.165, 1.54) is 6.92 Å². The normalized spacial score (nSPS) is 15.5. The first-order chi connectivity index (χ1) is 7.11. The summed E-state index contributed by atoms with van der Waals surface area (Å²) in [4.78, 5) is 21.2. The highest BCUT2D eigenvalue weighted by molar-refractivity contribution is 5.72. The first-order valence-electron chi connectivity index (χ1n) is 5.02. The Kier molecular flexibility index (Phi) is 5.40. The van der Waals surface area contributed by atoms with Crippen molar-refractivity contribution in [2.75, 3.05) is 27.7 Å². The molecule has 0 bridgehead atoms. The van der Waals surface area contributed by atoms with E-state index in [0.29, 0.717) is 11.0 Å². The van der Waals surface area contributed by atoms with Crippen LogP contribution in [0.4, 0.5) is 0 Å². The van der Waals surface area contributed by atoms with Crippen molar-refractivity contribution in [1.82, 2.24) is 0 Å². The van der Waals surface area contributed by atoms with Crippen molar-refractivity contribution < 1.29 is 29.0 Å². The van der Waals surface area contributed by atoms with Gasteiger partial charge in [-0.25, -0.2) is 4.79 Å². The van der Waals surface area contributed by atoms with Gasteiger partial charge in [0.25, 0.3) is 0 Å². The third-order valence-electron chi connectivity index (χ3n) is 1.90. The van der Waals surface area contributed by atoms with E-state index in [2.05, 4.69) is 0 Å². The second kappa shape index (κ2) is 5.81. The Morgan fingerprint density at radius 2 is 1.75 bits per heavy atom. The van der Waals surface area contributed by atoms with Gasteiger partial charge in [0.2, 0.25) is 0 Å². The number of likely N-dealkylation sites (N-methyl/N-ethyl adjacent to an activating group) is 1. The van der Waals surface area contributed by atoms with Crippen LogP contribution in [-0.4, -0.2) is 66.5 Å². The Morgan fingerprint density at radius 1 is 1.25 bits per heavy atom. The largest absolute Gasteiger partial charge is 0.481 e. The summed E-state index contributed by atoms with van der Waals surface area (Å²) >= 11 is 0. The predicted molar refractivity (Wildman–Crippen MR) is 57.1 cm³/mol. The third-order valence-corrected chi connectivity index (χ3v) is 1.90. The molecule has 0 heterocycles. The zero-order chi connectivity index (χ0) is 12.9. The fraction of sp³-hybridized carbons (Fsp3) is 0.800. The second-order valence-electron chi connectivity index (χ2n) is 4.81. The molecule has 0 aliphatic rings. The third kappa shape index (κ3) is 7.19. The SMILES string of the molecule is CC(OC(CC(=O)O)C[N+](C)(C)C)C(=O)O. The topological polar surface area (TPSA) is 83.8 Å². The van der Waals surface area contributed by atoms with Gasteiger partial charge >= 0.3 is 11.9 Å². The molecule has 0 rings (SSSR count). The highest BCUT2D eigenvalue weighted by Crippen LogP contribution is 2.08. The lowest BCUT2D eigenvalue weighted by Gasteiger charge is -2.29. The molecule has 0 aromatic rings. The maximum Gasteiger partial charge on any atom is 0.332 e. The zero-order valence-corrected chi connectivity index (χ0v) is 10.1. The van der Waals surface area contributed by atoms with Crippen molar-refractivity contribution in [2.45, 2.75) is 25.6 Å². The maximum absolute atomic E-state index is 10.6. The molecule has 0 radical (unpaired) electrons. The summed E-state index contributed by atoms with van der Waals surface area (Å²) in [5, 5.41) is 17.4. The van der Waals surface area contributed by atoms with E-state index in [1.807, 2.05) is 21.1 Å². The van der Waals surface area contributed by atoms with Crippen LogP contribution in [-0.2, 0) is 14.3 Å². The van der Waals surface area contributed by atoms with Crippen LogP contribution in [0.3, 0.4) is 0 Å². The highest BCUT2D eigenvalue weighted by Gasteiger charge is 2.25. The molecule has 0 fully saturated rings. The standard InChI is InChI=1S/C10H19NO5/c1-7(10(14)15)16-8(5-9(12)13)6-11(2,3)4/h7-8H,5-6H2,1-4H3,(H-,12,13,14,15)/p+1. The number of hydrogen-bond donors (Lipinski definition) is 2. The Balaban J connectivity index is 4.43. The molecule has 0 aromatic carbocycles. The number of ether oxygens (including phenoxy) is 1. The maximum atomic E-state index is 10.6. The minimum Gasteiger partial charge on any atom is -0.481 e. The zero-order valence-electron chi connectivity index (χ0n) is 10.1. The van der Waals surface area contributed by atoms with Crippen LogP contribution in [0.1, 0.15) is 13.3 Å². The van der Waals surface area contributed by atoms with Crippen LogP contribution in [0.25, 0.3) is 0 Å². The van der Waals surface area contributed by atoms with Gasteiger partial charge in [-0.15, -0.1) is 0 Å².